The second-order valence-corrected chi connectivity index (χ2v) is 6.88. The molecule has 1 aromatic carbocycles. The van der Waals surface area contributed by atoms with Gasteiger partial charge in [-0.2, -0.15) is 10.1 Å². The van der Waals surface area contributed by atoms with Gasteiger partial charge in [0.15, 0.2) is 5.82 Å². The van der Waals surface area contributed by atoms with Crippen LogP contribution in [0, 0.1) is 6.92 Å². The number of aromatic nitrogens is 3. The Kier molecular flexibility index (Phi) is 5.48. The average Bonchev–Trinajstić information content (AvgIpc) is 2.63. The lowest BCUT2D eigenvalue weighted by atomic mass is 9.98. The lowest BCUT2D eigenvalue weighted by Gasteiger charge is -2.33. The van der Waals surface area contributed by atoms with Crippen molar-refractivity contribution in [3.8, 4) is 0 Å². The van der Waals surface area contributed by atoms with Gasteiger partial charge in [0.2, 0.25) is 5.95 Å². The van der Waals surface area contributed by atoms with Crippen LogP contribution in [0.25, 0.3) is 0 Å². The topological polar surface area (TPSA) is 57.2 Å². The van der Waals surface area contributed by atoms with E-state index in [9.17, 15) is 0 Å². The molecule has 1 aliphatic rings. The Morgan fingerprint density at radius 1 is 1.16 bits per heavy atom. The van der Waals surface area contributed by atoms with Gasteiger partial charge in [-0.15, -0.1) is 5.10 Å². The zero-order valence-electron chi connectivity index (χ0n) is 15.7. The molecule has 0 radical (unpaired) electrons. The van der Waals surface area contributed by atoms with Crippen molar-refractivity contribution in [2.45, 2.75) is 33.6 Å². The minimum atomic E-state index is 0.443. The zero-order chi connectivity index (χ0) is 17.8. The molecule has 3 rings (SSSR count). The first-order chi connectivity index (χ1) is 12.1. The first-order valence-corrected chi connectivity index (χ1v) is 9.12. The Labute approximate surface area is 150 Å². The summed E-state index contributed by atoms with van der Waals surface area (Å²) >= 11 is 0. The van der Waals surface area contributed by atoms with E-state index in [1.807, 2.05) is 0 Å². The van der Waals surface area contributed by atoms with E-state index in [1.54, 1.807) is 6.20 Å². The molecular weight excluding hydrogens is 312 g/mol. The Bertz CT molecular complexity index is 707. The van der Waals surface area contributed by atoms with E-state index in [1.165, 1.54) is 11.1 Å². The van der Waals surface area contributed by atoms with Gasteiger partial charge < -0.3 is 15.1 Å². The molecule has 0 aliphatic carbocycles. The number of benzene rings is 1. The molecule has 25 heavy (non-hydrogen) atoms. The van der Waals surface area contributed by atoms with Crippen molar-refractivity contribution in [3.63, 3.8) is 0 Å². The zero-order valence-corrected chi connectivity index (χ0v) is 15.7. The molecule has 1 fully saturated rings. The SMILES string of the molecule is CCN1CCN(c2nncc(Nc3c(C)cccc3C(C)C)n2)CC1. The minimum absolute atomic E-state index is 0.443. The van der Waals surface area contributed by atoms with Crippen LogP contribution >= 0.6 is 0 Å². The van der Waals surface area contributed by atoms with E-state index in [0.717, 1.165) is 44.2 Å². The van der Waals surface area contributed by atoms with Gasteiger partial charge in [0.05, 0.1) is 6.20 Å². The van der Waals surface area contributed by atoms with Gasteiger partial charge in [-0.25, -0.2) is 0 Å². The fourth-order valence-electron chi connectivity index (χ4n) is 3.22. The van der Waals surface area contributed by atoms with E-state index in [0.29, 0.717) is 11.9 Å². The van der Waals surface area contributed by atoms with Crippen molar-refractivity contribution in [2.75, 3.05) is 42.9 Å². The smallest absolute Gasteiger partial charge is 0.247 e. The molecule has 134 valence electrons. The predicted molar refractivity (Wildman–Crippen MR) is 103 cm³/mol. The van der Waals surface area contributed by atoms with Crippen LogP contribution in [0.15, 0.2) is 24.4 Å². The second kappa shape index (κ2) is 7.78. The lowest BCUT2D eigenvalue weighted by molar-refractivity contribution is 0.269. The number of aryl methyl sites for hydroxylation is 1. The third-order valence-electron chi connectivity index (χ3n) is 4.83. The van der Waals surface area contributed by atoms with Gasteiger partial charge in [0.1, 0.15) is 0 Å². The summed E-state index contributed by atoms with van der Waals surface area (Å²) in [6.45, 7) is 13.8. The van der Waals surface area contributed by atoms with Gasteiger partial charge in [0.25, 0.3) is 0 Å². The van der Waals surface area contributed by atoms with Crippen molar-refractivity contribution in [1.82, 2.24) is 20.1 Å². The van der Waals surface area contributed by atoms with Crippen LogP contribution in [0.3, 0.4) is 0 Å². The molecule has 0 unspecified atom stereocenters. The normalized spacial score (nSPS) is 15.6. The quantitative estimate of drug-likeness (QED) is 0.902. The molecule has 0 saturated carbocycles. The number of nitrogens with one attached hydrogen (secondary N) is 1. The summed E-state index contributed by atoms with van der Waals surface area (Å²) < 4.78 is 0. The molecule has 6 nitrogen and oxygen atoms in total. The van der Waals surface area contributed by atoms with E-state index in [2.05, 4.69) is 71.2 Å². The minimum Gasteiger partial charge on any atom is -0.338 e. The molecule has 1 aromatic heterocycles. The number of para-hydroxylation sites is 1. The third kappa shape index (κ3) is 4.07. The van der Waals surface area contributed by atoms with E-state index in [-0.39, 0.29) is 0 Å². The maximum absolute atomic E-state index is 4.71. The van der Waals surface area contributed by atoms with E-state index < -0.39 is 0 Å². The largest absolute Gasteiger partial charge is 0.338 e. The van der Waals surface area contributed by atoms with Gasteiger partial charge in [-0.1, -0.05) is 39.0 Å². The van der Waals surface area contributed by atoms with Crippen LogP contribution in [0.2, 0.25) is 0 Å². The number of rotatable bonds is 5. The average molecular weight is 340 g/mol. The Morgan fingerprint density at radius 2 is 1.92 bits per heavy atom. The van der Waals surface area contributed by atoms with Crippen LogP contribution in [-0.4, -0.2) is 52.8 Å². The fourth-order valence-corrected chi connectivity index (χ4v) is 3.22. The number of hydrogen-bond acceptors (Lipinski definition) is 6. The maximum Gasteiger partial charge on any atom is 0.247 e. The summed E-state index contributed by atoms with van der Waals surface area (Å²) in [6.07, 6.45) is 1.70. The van der Waals surface area contributed by atoms with Gasteiger partial charge >= 0.3 is 0 Å². The maximum atomic E-state index is 4.71. The van der Waals surface area contributed by atoms with Crippen LogP contribution in [0.4, 0.5) is 17.5 Å². The van der Waals surface area contributed by atoms with Crippen LogP contribution in [0.1, 0.15) is 37.8 Å². The Morgan fingerprint density at radius 3 is 2.60 bits per heavy atom. The van der Waals surface area contributed by atoms with Crippen molar-refractivity contribution in [1.29, 1.82) is 0 Å². The summed E-state index contributed by atoms with van der Waals surface area (Å²) in [6, 6.07) is 6.39. The molecule has 1 N–H and O–H groups in total. The highest BCUT2D eigenvalue weighted by molar-refractivity contribution is 5.65. The number of piperazine rings is 1. The van der Waals surface area contributed by atoms with Gasteiger partial charge in [-0.05, 0) is 30.5 Å². The van der Waals surface area contributed by atoms with Crippen molar-refractivity contribution >= 4 is 17.5 Å². The van der Waals surface area contributed by atoms with Crippen LogP contribution in [-0.2, 0) is 0 Å². The van der Waals surface area contributed by atoms with Crippen molar-refractivity contribution in [3.05, 3.63) is 35.5 Å². The van der Waals surface area contributed by atoms with E-state index >= 15 is 0 Å². The highest BCUT2D eigenvalue weighted by atomic mass is 15.4. The summed E-state index contributed by atoms with van der Waals surface area (Å²) in [4.78, 5) is 9.36. The fraction of sp³-hybridized carbons (Fsp3) is 0.526. The number of hydrogen-bond donors (Lipinski definition) is 1. The highest BCUT2D eigenvalue weighted by Gasteiger charge is 2.19. The van der Waals surface area contributed by atoms with Gasteiger partial charge in [0, 0.05) is 31.9 Å². The number of likely N-dealkylation sites (N-methyl/N-ethyl adjacent to an activating group) is 1. The van der Waals surface area contributed by atoms with Crippen molar-refractivity contribution in [2.24, 2.45) is 0 Å². The standard InChI is InChI=1S/C19H28N6/c1-5-24-9-11-25(12-10-24)19-22-17(13-20-23-19)21-18-15(4)7-6-8-16(18)14(2)3/h6-8,13-14H,5,9-12H2,1-4H3,(H,21,22,23). The number of anilines is 3. The summed E-state index contributed by atoms with van der Waals surface area (Å²) in [5, 5.41) is 11.9. The van der Waals surface area contributed by atoms with Crippen LogP contribution < -0.4 is 10.2 Å². The molecule has 0 bridgehead atoms. The molecule has 0 spiro atoms. The summed E-state index contributed by atoms with van der Waals surface area (Å²) in [5.41, 5.74) is 3.62. The summed E-state index contributed by atoms with van der Waals surface area (Å²) in [5.74, 6) is 1.90. The molecule has 6 heteroatoms. The van der Waals surface area contributed by atoms with Crippen LogP contribution in [0.5, 0.6) is 0 Å². The molecule has 0 amide bonds. The molecule has 0 atom stereocenters. The van der Waals surface area contributed by atoms with Crippen molar-refractivity contribution < 1.29 is 0 Å². The number of nitrogens with zero attached hydrogens (tertiary/aromatic N) is 5. The monoisotopic (exact) mass is 340 g/mol. The first kappa shape index (κ1) is 17.6. The summed E-state index contributed by atoms with van der Waals surface area (Å²) in [7, 11) is 0. The molecule has 1 saturated heterocycles. The third-order valence-corrected chi connectivity index (χ3v) is 4.83. The first-order valence-electron chi connectivity index (χ1n) is 9.12. The molecule has 2 heterocycles. The molecule has 1 aliphatic heterocycles. The second-order valence-electron chi connectivity index (χ2n) is 6.88. The highest BCUT2D eigenvalue weighted by Crippen LogP contribution is 2.29. The molecule has 2 aromatic rings. The Balaban J connectivity index is 1.79. The van der Waals surface area contributed by atoms with E-state index in [4.69, 9.17) is 4.98 Å². The van der Waals surface area contributed by atoms with Gasteiger partial charge in [-0.3, -0.25) is 0 Å². The lowest BCUT2D eigenvalue weighted by Crippen LogP contribution is -2.46. The molecular formula is C19H28N6. The Hall–Kier alpha value is -2.21. The predicted octanol–water partition coefficient (Wildman–Crippen LogP) is 3.19.